The van der Waals surface area contributed by atoms with Crippen molar-refractivity contribution in [2.24, 2.45) is 0 Å². The van der Waals surface area contributed by atoms with Crippen LogP contribution in [0.15, 0.2) is 35.6 Å². The molecule has 24 heavy (non-hydrogen) atoms. The molecule has 5 nitrogen and oxygen atoms in total. The molecule has 0 unspecified atom stereocenters. The molecule has 0 aliphatic carbocycles. The summed E-state index contributed by atoms with van der Waals surface area (Å²) in [5.41, 5.74) is 2.33. The molecule has 0 bridgehead atoms. The van der Waals surface area contributed by atoms with E-state index >= 15 is 0 Å². The van der Waals surface area contributed by atoms with E-state index in [9.17, 15) is 4.79 Å². The quantitative estimate of drug-likeness (QED) is 0.603. The molecule has 0 saturated heterocycles. The van der Waals surface area contributed by atoms with E-state index in [0.717, 1.165) is 16.7 Å². The van der Waals surface area contributed by atoms with Gasteiger partial charge in [0, 0.05) is 18.8 Å². The molecule has 128 valence electrons. The number of nitrogens with zero attached hydrogens (tertiary/aromatic N) is 3. The van der Waals surface area contributed by atoms with Crippen molar-refractivity contribution in [1.82, 2.24) is 9.97 Å². The van der Waals surface area contributed by atoms with Gasteiger partial charge in [0.2, 0.25) is 0 Å². The van der Waals surface area contributed by atoms with Gasteiger partial charge in [0.1, 0.15) is 11.4 Å². The number of anilines is 1. The second-order valence-corrected chi connectivity index (χ2v) is 7.22. The average molecular weight is 345 g/mol. The molecule has 0 spiro atoms. The van der Waals surface area contributed by atoms with Crippen molar-refractivity contribution in [2.45, 2.75) is 38.5 Å². The summed E-state index contributed by atoms with van der Waals surface area (Å²) in [6.07, 6.45) is 3.22. The van der Waals surface area contributed by atoms with Crippen LogP contribution in [0.25, 0.3) is 11.1 Å². The molecule has 0 fully saturated rings. The molecule has 2 rings (SSSR count). The maximum Gasteiger partial charge on any atom is 0.415 e. The highest BCUT2D eigenvalue weighted by Gasteiger charge is 2.24. The van der Waals surface area contributed by atoms with Crippen LogP contribution in [0.5, 0.6) is 0 Å². The van der Waals surface area contributed by atoms with Gasteiger partial charge in [-0.25, -0.2) is 14.8 Å². The van der Waals surface area contributed by atoms with E-state index < -0.39 is 11.7 Å². The van der Waals surface area contributed by atoms with Gasteiger partial charge in [-0.05, 0) is 45.1 Å². The fraction of sp³-hybridized carbons (Fsp3) is 0.389. The van der Waals surface area contributed by atoms with Gasteiger partial charge in [0.05, 0.1) is 0 Å². The smallest absolute Gasteiger partial charge is 0.415 e. The molecule has 0 aliphatic rings. The zero-order valence-electron chi connectivity index (χ0n) is 15.0. The highest BCUT2D eigenvalue weighted by Crippen LogP contribution is 2.32. The van der Waals surface area contributed by atoms with Crippen LogP contribution in [0.3, 0.4) is 0 Å². The number of hydrogen-bond acceptors (Lipinski definition) is 5. The maximum atomic E-state index is 12.5. The van der Waals surface area contributed by atoms with Crippen LogP contribution in [-0.4, -0.2) is 35.0 Å². The first-order valence-electron chi connectivity index (χ1n) is 7.66. The minimum absolute atomic E-state index is 0.442. The first kappa shape index (κ1) is 18.3. The van der Waals surface area contributed by atoms with Gasteiger partial charge >= 0.3 is 6.09 Å². The van der Waals surface area contributed by atoms with Gasteiger partial charge in [-0.2, -0.15) is 0 Å². The zero-order chi connectivity index (χ0) is 17.9. The van der Waals surface area contributed by atoms with Crippen LogP contribution in [0.2, 0.25) is 0 Å². The average Bonchev–Trinajstić information content (AvgIpc) is 2.52. The van der Waals surface area contributed by atoms with E-state index in [-0.39, 0.29) is 0 Å². The van der Waals surface area contributed by atoms with Crippen molar-refractivity contribution in [3.8, 4) is 11.1 Å². The van der Waals surface area contributed by atoms with E-state index in [2.05, 4.69) is 9.97 Å². The summed E-state index contributed by atoms with van der Waals surface area (Å²) in [7, 11) is 1.67. The lowest BCUT2D eigenvalue weighted by Crippen LogP contribution is -2.35. The van der Waals surface area contributed by atoms with E-state index in [1.165, 1.54) is 16.7 Å². The van der Waals surface area contributed by atoms with Gasteiger partial charge in [-0.3, -0.25) is 4.90 Å². The van der Waals surface area contributed by atoms with Crippen molar-refractivity contribution in [3.05, 3.63) is 36.0 Å². The predicted molar refractivity (Wildman–Crippen MR) is 98.6 cm³/mol. The number of carbonyl (C=O) groups is 1. The summed E-state index contributed by atoms with van der Waals surface area (Å²) in [6, 6.07) is 7.96. The number of hydrogen-bond donors (Lipinski definition) is 0. The lowest BCUT2D eigenvalue weighted by molar-refractivity contribution is 0.0588. The summed E-state index contributed by atoms with van der Waals surface area (Å²) in [4.78, 5) is 22.8. The molecule has 1 amide bonds. The highest BCUT2D eigenvalue weighted by molar-refractivity contribution is 7.98. The summed E-state index contributed by atoms with van der Waals surface area (Å²) in [5.74, 6) is 0.540. The normalized spacial score (nSPS) is 11.2. The number of aromatic nitrogens is 2. The Morgan fingerprint density at radius 1 is 1.21 bits per heavy atom. The molecule has 0 atom stereocenters. The number of thioether (sulfide) groups is 1. The third-order valence-corrected chi connectivity index (χ3v) is 3.91. The second kappa shape index (κ2) is 7.21. The first-order valence-corrected chi connectivity index (χ1v) is 8.89. The minimum Gasteiger partial charge on any atom is -0.443 e. The third-order valence-electron chi connectivity index (χ3n) is 3.35. The second-order valence-electron chi connectivity index (χ2n) is 6.45. The predicted octanol–water partition coefficient (Wildman–Crippen LogP) is 4.55. The number of carbonyl (C=O) groups excluding carboxylic acids is 1. The molecule has 2 aromatic rings. The third kappa shape index (κ3) is 4.26. The topological polar surface area (TPSA) is 55.3 Å². The van der Waals surface area contributed by atoms with Crippen molar-refractivity contribution in [1.29, 1.82) is 0 Å². The molecule has 0 N–H and O–H groups in total. The van der Waals surface area contributed by atoms with E-state index in [4.69, 9.17) is 4.74 Å². The van der Waals surface area contributed by atoms with Crippen LogP contribution in [0.4, 0.5) is 10.6 Å². The molecule has 1 aromatic heterocycles. The maximum absolute atomic E-state index is 12.5. The van der Waals surface area contributed by atoms with Crippen molar-refractivity contribution < 1.29 is 9.53 Å². The van der Waals surface area contributed by atoms with Crippen LogP contribution in [0, 0.1) is 6.92 Å². The molecule has 0 saturated carbocycles. The monoisotopic (exact) mass is 345 g/mol. The van der Waals surface area contributed by atoms with Crippen molar-refractivity contribution in [2.75, 3.05) is 18.2 Å². The van der Waals surface area contributed by atoms with Gasteiger partial charge < -0.3 is 4.74 Å². The van der Waals surface area contributed by atoms with Gasteiger partial charge in [-0.1, -0.05) is 36.0 Å². The van der Waals surface area contributed by atoms with Crippen molar-refractivity contribution in [3.63, 3.8) is 0 Å². The van der Waals surface area contributed by atoms with Gasteiger partial charge in [0.15, 0.2) is 5.16 Å². The number of ether oxygens (including phenoxy) is 1. The van der Waals surface area contributed by atoms with E-state index in [1.54, 1.807) is 13.2 Å². The summed E-state index contributed by atoms with van der Waals surface area (Å²) < 4.78 is 5.47. The Kier molecular flexibility index (Phi) is 5.49. The van der Waals surface area contributed by atoms with Gasteiger partial charge in [-0.15, -0.1) is 0 Å². The molecular weight excluding hydrogens is 322 g/mol. The lowest BCUT2D eigenvalue weighted by Gasteiger charge is -2.25. The Morgan fingerprint density at radius 2 is 1.88 bits per heavy atom. The molecule has 1 heterocycles. The standard InChI is InChI=1S/C18H23N3O2S/c1-12-9-7-8-10-13(12)14-11-19-16(24-6)20-15(14)21(5)17(22)23-18(2,3)4/h7-11H,1-6H3. The van der Waals surface area contributed by atoms with Crippen molar-refractivity contribution >= 4 is 23.7 Å². The summed E-state index contributed by atoms with van der Waals surface area (Å²) >= 11 is 1.43. The Hall–Kier alpha value is -2.08. The number of aryl methyl sites for hydroxylation is 1. The molecule has 1 aromatic carbocycles. The minimum atomic E-state index is -0.566. The Labute approximate surface area is 147 Å². The molecular formula is C18H23N3O2S. The van der Waals surface area contributed by atoms with E-state index in [1.807, 2.05) is 58.2 Å². The van der Waals surface area contributed by atoms with E-state index in [0.29, 0.717) is 11.0 Å². The number of benzene rings is 1. The largest absolute Gasteiger partial charge is 0.443 e. The number of amides is 1. The molecule has 6 heteroatoms. The zero-order valence-corrected chi connectivity index (χ0v) is 15.8. The fourth-order valence-electron chi connectivity index (χ4n) is 2.19. The van der Waals surface area contributed by atoms with Crippen LogP contribution in [-0.2, 0) is 4.74 Å². The Balaban J connectivity index is 2.51. The number of rotatable bonds is 3. The SMILES string of the molecule is CSc1ncc(-c2ccccc2C)c(N(C)C(=O)OC(C)(C)C)n1. The first-order chi connectivity index (χ1) is 11.2. The van der Waals surface area contributed by atoms with Crippen LogP contribution in [0.1, 0.15) is 26.3 Å². The Bertz CT molecular complexity index is 741. The van der Waals surface area contributed by atoms with Crippen LogP contribution < -0.4 is 4.90 Å². The fourth-order valence-corrected chi connectivity index (χ4v) is 2.53. The Morgan fingerprint density at radius 3 is 2.46 bits per heavy atom. The van der Waals surface area contributed by atoms with Crippen LogP contribution >= 0.6 is 11.8 Å². The lowest BCUT2D eigenvalue weighted by atomic mass is 10.0. The summed E-state index contributed by atoms with van der Waals surface area (Å²) in [5, 5.41) is 0.609. The summed E-state index contributed by atoms with van der Waals surface area (Å²) in [6.45, 7) is 7.55. The molecule has 0 aliphatic heterocycles. The molecule has 0 radical (unpaired) electrons. The van der Waals surface area contributed by atoms with Gasteiger partial charge in [0.25, 0.3) is 0 Å². The highest BCUT2D eigenvalue weighted by atomic mass is 32.2.